The Labute approximate surface area is 170 Å². The number of ether oxygens (including phenoxy) is 3. The Kier molecular flexibility index (Phi) is 6.86. The maximum absolute atomic E-state index is 5.47. The normalized spacial score (nSPS) is 10.8. The van der Waals surface area contributed by atoms with Gasteiger partial charge in [0, 0.05) is 18.7 Å². The van der Waals surface area contributed by atoms with Crippen molar-refractivity contribution < 1.29 is 18.7 Å². The summed E-state index contributed by atoms with van der Waals surface area (Å²) < 4.78 is 21.3. The predicted octanol–water partition coefficient (Wildman–Crippen LogP) is 3.95. The fourth-order valence-electron chi connectivity index (χ4n) is 2.96. The summed E-state index contributed by atoms with van der Waals surface area (Å²) in [4.78, 5) is 6.70. The molecule has 0 atom stereocenters. The van der Waals surface area contributed by atoms with Crippen LogP contribution in [-0.2, 0) is 13.1 Å². The van der Waals surface area contributed by atoms with Gasteiger partial charge in [0.25, 0.3) is 0 Å². The van der Waals surface area contributed by atoms with Gasteiger partial charge in [0.1, 0.15) is 5.75 Å². The minimum atomic E-state index is 0.504. The van der Waals surface area contributed by atoms with Crippen molar-refractivity contribution in [3.8, 4) is 28.6 Å². The number of hydrogen-bond acceptors (Lipinski definition) is 7. The monoisotopic (exact) mass is 395 g/mol. The average Bonchev–Trinajstić information content (AvgIpc) is 3.22. The highest BCUT2D eigenvalue weighted by Gasteiger charge is 2.15. The molecule has 0 unspecified atom stereocenters. The summed E-state index contributed by atoms with van der Waals surface area (Å²) in [6.07, 6.45) is 1.86. The van der Waals surface area contributed by atoms with E-state index in [4.69, 9.17) is 18.7 Å². The number of rotatable bonds is 10. The van der Waals surface area contributed by atoms with Gasteiger partial charge in [0.05, 0.1) is 27.9 Å². The van der Waals surface area contributed by atoms with Crippen molar-refractivity contribution in [2.45, 2.75) is 13.1 Å². The zero-order chi connectivity index (χ0) is 20.6. The van der Waals surface area contributed by atoms with Crippen LogP contribution in [0.3, 0.4) is 0 Å². The Morgan fingerprint density at radius 1 is 0.966 bits per heavy atom. The van der Waals surface area contributed by atoms with Crippen LogP contribution in [0.5, 0.6) is 17.2 Å². The van der Waals surface area contributed by atoms with E-state index in [1.807, 2.05) is 48.5 Å². The molecule has 0 saturated heterocycles. The summed E-state index contributed by atoms with van der Waals surface area (Å²) in [5.41, 5.74) is 1.95. The first-order valence-electron chi connectivity index (χ1n) is 9.18. The molecule has 0 aliphatic heterocycles. The molecule has 7 heteroatoms. The highest BCUT2D eigenvalue weighted by atomic mass is 16.5. The molecule has 7 nitrogen and oxygen atoms in total. The van der Waals surface area contributed by atoms with Gasteiger partial charge in [-0.05, 0) is 35.9 Å². The highest BCUT2D eigenvalue weighted by Crippen LogP contribution is 2.31. The van der Waals surface area contributed by atoms with Crippen LogP contribution in [0.1, 0.15) is 11.5 Å². The largest absolute Gasteiger partial charge is 0.497 e. The van der Waals surface area contributed by atoms with Crippen molar-refractivity contribution in [2.24, 2.45) is 0 Å². The molecule has 0 N–H and O–H groups in total. The lowest BCUT2D eigenvalue weighted by Gasteiger charge is -2.18. The lowest BCUT2D eigenvalue weighted by atomic mass is 10.2. The van der Waals surface area contributed by atoms with Crippen molar-refractivity contribution in [1.29, 1.82) is 0 Å². The number of benzene rings is 2. The van der Waals surface area contributed by atoms with Gasteiger partial charge in [-0.3, -0.25) is 4.90 Å². The Morgan fingerprint density at radius 2 is 1.72 bits per heavy atom. The quantitative estimate of drug-likeness (QED) is 0.481. The molecule has 0 aliphatic carbocycles. The molecule has 1 aromatic heterocycles. The molecule has 0 saturated carbocycles. The zero-order valence-corrected chi connectivity index (χ0v) is 16.9. The van der Waals surface area contributed by atoms with E-state index in [1.54, 1.807) is 21.3 Å². The first-order chi connectivity index (χ1) is 14.2. The third kappa shape index (κ3) is 5.14. The molecular formula is C22H25N3O4. The van der Waals surface area contributed by atoms with E-state index in [9.17, 15) is 0 Å². The summed E-state index contributed by atoms with van der Waals surface area (Å²) >= 11 is 0. The lowest BCUT2D eigenvalue weighted by Crippen LogP contribution is -2.23. The van der Waals surface area contributed by atoms with E-state index in [2.05, 4.69) is 21.6 Å². The Balaban J connectivity index is 1.73. The second-order valence-corrected chi connectivity index (χ2v) is 6.39. The Bertz CT molecular complexity index is 937. The summed E-state index contributed by atoms with van der Waals surface area (Å²) in [6, 6.07) is 13.5. The molecule has 3 rings (SSSR count). The van der Waals surface area contributed by atoms with E-state index < -0.39 is 0 Å². The molecule has 0 aliphatic rings. The molecule has 2 aromatic carbocycles. The first kappa shape index (κ1) is 20.4. The maximum Gasteiger partial charge on any atom is 0.241 e. The molecule has 0 spiro atoms. The van der Waals surface area contributed by atoms with Crippen LogP contribution in [0.2, 0.25) is 0 Å². The van der Waals surface area contributed by atoms with E-state index in [0.29, 0.717) is 36.3 Å². The average molecular weight is 395 g/mol. The summed E-state index contributed by atoms with van der Waals surface area (Å²) in [5.74, 6) is 3.13. The minimum absolute atomic E-state index is 0.504. The predicted molar refractivity (Wildman–Crippen MR) is 110 cm³/mol. The second kappa shape index (κ2) is 9.75. The summed E-state index contributed by atoms with van der Waals surface area (Å²) in [7, 11) is 4.85. The molecule has 1 heterocycles. The number of methoxy groups -OCH3 is 3. The third-order valence-corrected chi connectivity index (χ3v) is 4.42. The van der Waals surface area contributed by atoms with E-state index in [0.717, 1.165) is 23.4 Å². The molecule has 0 bridgehead atoms. The molecule has 0 radical (unpaired) electrons. The SMILES string of the molecule is C=CCN(Cc1ccc(OC)cc1)Cc1nc(-c2ccc(OC)c(OC)c2)no1. The van der Waals surface area contributed by atoms with Crippen LogP contribution in [0.15, 0.2) is 59.6 Å². The summed E-state index contributed by atoms with van der Waals surface area (Å²) in [5, 5.41) is 4.11. The van der Waals surface area contributed by atoms with E-state index in [1.165, 1.54) is 0 Å². The van der Waals surface area contributed by atoms with Gasteiger partial charge >= 0.3 is 0 Å². The molecule has 152 valence electrons. The van der Waals surface area contributed by atoms with E-state index in [-0.39, 0.29) is 0 Å². The fraction of sp³-hybridized carbons (Fsp3) is 0.273. The number of aromatic nitrogens is 2. The van der Waals surface area contributed by atoms with Gasteiger partial charge in [-0.2, -0.15) is 4.98 Å². The highest BCUT2D eigenvalue weighted by molar-refractivity contribution is 5.60. The lowest BCUT2D eigenvalue weighted by molar-refractivity contribution is 0.239. The minimum Gasteiger partial charge on any atom is -0.497 e. The van der Waals surface area contributed by atoms with Crippen molar-refractivity contribution in [2.75, 3.05) is 27.9 Å². The molecule has 0 fully saturated rings. The molecular weight excluding hydrogens is 370 g/mol. The maximum atomic E-state index is 5.47. The van der Waals surface area contributed by atoms with Gasteiger partial charge < -0.3 is 18.7 Å². The molecule has 0 amide bonds. The smallest absolute Gasteiger partial charge is 0.241 e. The van der Waals surface area contributed by atoms with Crippen LogP contribution in [0.25, 0.3) is 11.4 Å². The van der Waals surface area contributed by atoms with Crippen molar-refractivity contribution in [3.63, 3.8) is 0 Å². The second-order valence-electron chi connectivity index (χ2n) is 6.39. The number of hydrogen-bond donors (Lipinski definition) is 0. The van der Waals surface area contributed by atoms with Gasteiger partial charge in [-0.25, -0.2) is 0 Å². The summed E-state index contributed by atoms with van der Waals surface area (Å²) in [6.45, 7) is 5.78. The molecule has 29 heavy (non-hydrogen) atoms. The zero-order valence-electron chi connectivity index (χ0n) is 16.9. The van der Waals surface area contributed by atoms with Crippen LogP contribution in [-0.4, -0.2) is 42.9 Å². The molecule has 3 aromatic rings. The standard InChI is InChI=1S/C22H25N3O4/c1-5-12-25(14-16-6-9-18(26-2)10-7-16)15-21-23-22(24-29-21)17-8-11-19(27-3)20(13-17)28-4/h5-11,13H,1,12,14-15H2,2-4H3. The van der Waals surface area contributed by atoms with Gasteiger partial charge in [-0.1, -0.05) is 23.4 Å². The fourth-order valence-corrected chi connectivity index (χ4v) is 2.96. The van der Waals surface area contributed by atoms with Crippen LogP contribution in [0, 0.1) is 0 Å². The van der Waals surface area contributed by atoms with Crippen molar-refractivity contribution in [3.05, 3.63) is 66.6 Å². The van der Waals surface area contributed by atoms with Crippen LogP contribution < -0.4 is 14.2 Å². The van der Waals surface area contributed by atoms with E-state index >= 15 is 0 Å². The Morgan fingerprint density at radius 3 is 2.38 bits per heavy atom. The van der Waals surface area contributed by atoms with Crippen LogP contribution >= 0.6 is 0 Å². The topological polar surface area (TPSA) is 69.9 Å². The number of nitrogens with zero attached hydrogens (tertiary/aromatic N) is 3. The van der Waals surface area contributed by atoms with Gasteiger partial charge in [0.2, 0.25) is 11.7 Å². The first-order valence-corrected chi connectivity index (χ1v) is 9.18. The van der Waals surface area contributed by atoms with Crippen molar-refractivity contribution >= 4 is 0 Å². The van der Waals surface area contributed by atoms with Gasteiger partial charge in [0.15, 0.2) is 11.5 Å². The Hall–Kier alpha value is -3.32. The third-order valence-electron chi connectivity index (χ3n) is 4.42. The van der Waals surface area contributed by atoms with Gasteiger partial charge in [-0.15, -0.1) is 6.58 Å². The van der Waals surface area contributed by atoms with Crippen molar-refractivity contribution in [1.82, 2.24) is 15.0 Å². The van der Waals surface area contributed by atoms with Crippen LogP contribution in [0.4, 0.5) is 0 Å².